The monoisotopic (exact) mass is 483 g/mol. The number of hydrogen-bond donors (Lipinski definition) is 2. The van der Waals surface area contributed by atoms with Crippen molar-refractivity contribution in [3.63, 3.8) is 0 Å². The van der Waals surface area contributed by atoms with E-state index in [-0.39, 0.29) is 29.6 Å². The summed E-state index contributed by atoms with van der Waals surface area (Å²) in [4.78, 5) is 19.3. The third-order valence-electron chi connectivity index (χ3n) is 4.05. The van der Waals surface area contributed by atoms with E-state index in [1.807, 2.05) is 0 Å². The van der Waals surface area contributed by atoms with Gasteiger partial charge in [-0.05, 0) is 23.8 Å². The number of anilines is 3. The number of nitrogens with zero attached hydrogens (tertiary/aromatic N) is 3. The summed E-state index contributed by atoms with van der Waals surface area (Å²) < 4.78 is 47.3. The van der Waals surface area contributed by atoms with Crippen LogP contribution in [0.15, 0.2) is 48.7 Å². The number of nitrogens with one attached hydrogen (secondary N) is 2. The van der Waals surface area contributed by atoms with Crippen molar-refractivity contribution in [1.82, 2.24) is 9.97 Å². The molecule has 174 valence electrons. The number of aromatic nitrogens is 3. The van der Waals surface area contributed by atoms with Crippen LogP contribution >= 0.6 is 11.6 Å². The highest BCUT2D eigenvalue weighted by Crippen LogP contribution is 2.22. The van der Waals surface area contributed by atoms with Gasteiger partial charge in [-0.25, -0.2) is 14.8 Å². The molecule has 0 spiro atoms. The van der Waals surface area contributed by atoms with Gasteiger partial charge in [0.25, 0.3) is 5.82 Å². The van der Waals surface area contributed by atoms with Gasteiger partial charge in [0, 0.05) is 23.7 Å². The van der Waals surface area contributed by atoms with Crippen molar-refractivity contribution in [3.8, 4) is 6.01 Å². The number of alkyl halides is 3. The van der Waals surface area contributed by atoms with E-state index in [9.17, 15) is 23.2 Å². The molecule has 0 unspecified atom stereocenters. The lowest BCUT2D eigenvalue weighted by atomic mass is 10.2. The Balaban J connectivity index is 1.83. The normalized spacial score (nSPS) is 11.1. The summed E-state index contributed by atoms with van der Waals surface area (Å²) in [5, 5.41) is 18.4. The van der Waals surface area contributed by atoms with Crippen molar-refractivity contribution in [3.05, 3.63) is 70.0 Å². The van der Waals surface area contributed by atoms with Crippen LogP contribution in [0, 0.1) is 5.21 Å². The van der Waals surface area contributed by atoms with Gasteiger partial charge >= 0.3 is 18.2 Å². The molecule has 0 saturated heterocycles. The molecule has 0 amide bonds. The van der Waals surface area contributed by atoms with E-state index >= 15 is 0 Å². The second-order valence-electron chi connectivity index (χ2n) is 6.55. The molecular weight excluding hydrogens is 467 g/mol. The fourth-order valence-electron chi connectivity index (χ4n) is 2.53. The number of halogens is 4. The lowest BCUT2D eigenvalue weighted by Gasteiger charge is -2.12. The number of benzene rings is 1. The van der Waals surface area contributed by atoms with E-state index in [1.165, 1.54) is 25.3 Å². The Morgan fingerprint density at radius 1 is 1.15 bits per heavy atom. The first-order chi connectivity index (χ1) is 15.6. The zero-order chi connectivity index (χ0) is 24.0. The Morgan fingerprint density at radius 2 is 1.85 bits per heavy atom. The number of esters is 1. The minimum absolute atomic E-state index is 0.0141. The van der Waals surface area contributed by atoms with Crippen molar-refractivity contribution in [2.75, 3.05) is 24.4 Å². The van der Waals surface area contributed by atoms with Gasteiger partial charge in [-0.15, -0.1) is 0 Å². The number of hydrogen-bond acceptors (Lipinski definition) is 8. The number of methoxy groups -OCH3 is 1. The average Bonchev–Trinajstić information content (AvgIpc) is 2.77. The predicted molar refractivity (Wildman–Crippen MR) is 112 cm³/mol. The van der Waals surface area contributed by atoms with Gasteiger partial charge in [0.1, 0.15) is 12.0 Å². The van der Waals surface area contributed by atoms with Gasteiger partial charge in [0.05, 0.1) is 12.7 Å². The third kappa shape index (κ3) is 7.10. The molecule has 1 aromatic carbocycles. The Kier molecular flexibility index (Phi) is 7.38. The second kappa shape index (κ2) is 10.2. The average molecular weight is 484 g/mol. The second-order valence-corrected chi connectivity index (χ2v) is 6.99. The molecular formula is C20H17ClF3N5O4. The Morgan fingerprint density at radius 3 is 2.48 bits per heavy atom. The van der Waals surface area contributed by atoms with Crippen LogP contribution in [0.4, 0.5) is 30.6 Å². The van der Waals surface area contributed by atoms with E-state index in [0.29, 0.717) is 9.75 Å². The highest BCUT2D eigenvalue weighted by Gasteiger charge is 2.29. The highest BCUT2D eigenvalue weighted by molar-refractivity contribution is 6.30. The maximum Gasteiger partial charge on any atom is 0.422 e. The molecule has 9 nitrogen and oxygen atoms in total. The molecule has 0 radical (unpaired) electrons. The van der Waals surface area contributed by atoms with Gasteiger partial charge in [0.15, 0.2) is 6.61 Å². The summed E-state index contributed by atoms with van der Waals surface area (Å²) in [5.41, 5.74) is 0.848. The summed E-state index contributed by atoms with van der Waals surface area (Å²) in [7, 11) is 1.17. The van der Waals surface area contributed by atoms with E-state index in [4.69, 9.17) is 11.6 Å². The largest absolute Gasteiger partial charge is 0.711 e. The van der Waals surface area contributed by atoms with Crippen LogP contribution < -0.4 is 20.1 Å². The molecule has 0 saturated carbocycles. The molecule has 0 atom stereocenters. The summed E-state index contributed by atoms with van der Waals surface area (Å²) in [6.45, 7) is -1.32. The summed E-state index contributed by atoms with van der Waals surface area (Å²) in [6, 6.07) is 10.4. The van der Waals surface area contributed by atoms with Gasteiger partial charge in [-0.1, -0.05) is 23.7 Å². The minimum atomic E-state index is -4.59. The first-order valence-electron chi connectivity index (χ1n) is 9.28. The summed E-state index contributed by atoms with van der Waals surface area (Å²) in [5.74, 6) is -0.629. The third-order valence-corrected chi connectivity index (χ3v) is 4.30. The number of ether oxygens (including phenoxy) is 2. The molecule has 13 heteroatoms. The smallest absolute Gasteiger partial charge is 0.422 e. The minimum Gasteiger partial charge on any atom is -0.711 e. The van der Waals surface area contributed by atoms with Crippen LogP contribution in [-0.4, -0.2) is 35.8 Å². The molecule has 0 aliphatic carbocycles. The number of pyridine rings is 1. The van der Waals surface area contributed by atoms with Crippen molar-refractivity contribution in [2.45, 2.75) is 12.7 Å². The zero-order valence-electron chi connectivity index (χ0n) is 17.0. The van der Waals surface area contributed by atoms with Crippen LogP contribution in [0.1, 0.15) is 15.9 Å². The van der Waals surface area contributed by atoms with Gasteiger partial charge in [-0.3, -0.25) is 0 Å². The summed E-state index contributed by atoms with van der Waals surface area (Å²) >= 11 is 5.86. The zero-order valence-corrected chi connectivity index (χ0v) is 17.8. The maximum atomic E-state index is 12.6. The molecule has 2 aromatic heterocycles. The van der Waals surface area contributed by atoms with Gasteiger partial charge < -0.3 is 20.0 Å². The fourth-order valence-corrected chi connectivity index (χ4v) is 2.66. The SMILES string of the molecule is COC(=O)c1ccc(Nc2cc(NCc3ccc(Cl)cc3)nc(OCC(F)(F)F)n2)[n+]([O-])c1. The molecule has 2 heterocycles. The number of rotatable bonds is 8. The molecule has 0 bridgehead atoms. The molecule has 3 aromatic rings. The topological polar surface area (TPSA) is 112 Å². The first-order valence-corrected chi connectivity index (χ1v) is 9.66. The van der Waals surface area contributed by atoms with E-state index in [2.05, 4.69) is 30.1 Å². The van der Waals surface area contributed by atoms with Crippen molar-refractivity contribution < 1.29 is 32.2 Å². The van der Waals surface area contributed by atoms with Gasteiger partial charge in [-0.2, -0.15) is 23.1 Å². The van der Waals surface area contributed by atoms with Crippen LogP contribution in [0.5, 0.6) is 6.01 Å². The molecule has 0 aliphatic rings. The molecule has 0 fully saturated rings. The Hall–Kier alpha value is -3.80. The number of carbonyl (C=O) groups is 1. The molecule has 3 rings (SSSR count). The molecule has 0 aliphatic heterocycles. The van der Waals surface area contributed by atoms with Crippen LogP contribution in [0.2, 0.25) is 5.02 Å². The van der Waals surface area contributed by atoms with Gasteiger partial charge in [0.2, 0.25) is 5.82 Å². The van der Waals surface area contributed by atoms with E-state index in [1.54, 1.807) is 24.3 Å². The van der Waals surface area contributed by atoms with E-state index in [0.717, 1.165) is 11.8 Å². The van der Waals surface area contributed by atoms with Crippen LogP contribution in [0.25, 0.3) is 0 Å². The standard InChI is InChI=1S/C20H17ClF3N5O4/c1-32-18(30)13-4-7-17(29(31)10-13)26-16-8-15(25-9-12-2-5-14(21)6-3-12)27-19(28-16)33-11-20(22,23)24/h2-8,10H,9,11H2,1H3,(H2,25,26,27,28). The lowest BCUT2D eigenvalue weighted by Crippen LogP contribution is -2.31. The fraction of sp³-hybridized carbons (Fsp3) is 0.200. The molecule has 33 heavy (non-hydrogen) atoms. The van der Waals surface area contributed by atoms with Crippen LogP contribution in [-0.2, 0) is 11.3 Å². The first kappa shape index (κ1) is 23.9. The van der Waals surface area contributed by atoms with Crippen molar-refractivity contribution in [1.29, 1.82) is 0 Å². The number of carbonyl (C=O) groups excluding carboxylic acids is 1. The lowest BCUT2D eigenvalue weighted by molar-refractivity contribution is -0.590. The van der Waals surface area contributed by atoms with E-state index < -0.39 is 24.8 Å². The van der Waals surface area contributed by atoms with Crippen molar-refractivity contribution in [2.24, 2.45) is 0 Å². The quantitative estimate of drug-likeness (QED) is 0.282. The highest BCUT2D eigenvalue weighted by atomic mass is 35.5. The van der Waals surface area contributed by atoms with Crippen LogP contribution in [0.3, 0.4) is 0 Å². The maximum absolute atomic E-state index is 12.6. The summed E-state index contributed by atoms with van der Waals surface area (Å²) in [6.07, 6.45) is -3.61. The Labute approximate surface area is 190 Å². The van der Waals surface area contributed by atoms with Crippen molar-refractivity contribution >= 4 is 35.0 Å². The Bertz CT molecular complexity index is 1130. The molecule has 2 N–H and O–H groups in total. The predicted octanol–water partition coefficient (Wildman–Crippen LogP) is 3.85.